The summed E-state index contributed by atoms with van der Waals surface area (Å²) in [5.74, 6) is -0.124. The molecule has 7 heteroatoms. The summed E-state index contributed by atoms with van der Waals surface area (Å²) in [6.07, 6.45) is 8.92. The van der Waals surface area contributed by atoms with Gasteiger partial charge in [-0.1, -0.05) is 61.4 Å². The molecule has 0 aromatic rings. The van der Waals surface area contributed by atoms with Gasteiger partial charge in [0.2, 0.25) is 0 Å². The van der Waals surface area contributed by atoms with Crippen LogP contribution in [-0.2, 0) is 28.5 Å². The summed E-state index contributed by atoms with van der Waals surface area (Å²) in [4.78, 5) is 11.6. The largest absolute Gasteiger partial charge is 0.463 e. The fourth-order valence-electron chi connectivity index (χ4n) is 2.33. The molecule has 0 heterocycles. The molecule has 0 aliphatic carbocycles. The lowest BCUT2D eigenvalue weighted by molar-refractivity contribution is -0.145. The third-order valence-electron chi connectivity index (χ3n) is 3.81. The van der Waals surface area contributed by atoms with Crippen molar-refractivity contribution < 1.29 is 28.5 Å². The SMILES string of the molecule is CCCCCCCCCC(=O)OCCOCCOCCOCCOCCBr. The molecule has 0 atom stereocenters. The second kappa shape index (κ2) is 23.8. The number of carbonyl (C=O) groups excluding carboxylic acids is 1. The molecule has 0 radical (unpaired) electrons. The zero-order valence-corrected chi connectivity index (χ0v) is 18.6. The Balaban J connectivity index is 3.11. The molecule has 0 saturated heterocycles. The number of alkyl halides is 1. The van der Waals surface area contributed by atoms with Crippen molar-refractivity contribution in [3.8, 4) is 0 Å². The predicted molar refractivity (Wildman–Crippen MR) is 111 cm³/mol. The van der Waals surface area contributed by atoms with E-state index in [2.05, 4.69) is 22.9 Å². The Bertz CT molecular complexity index is 304. The molecule has 162 valence electrons. The molecular weight excluding hydrogens is 416 g/mol. The smallest absolute Gasteiger partial charge is 0.305 e. The maximum Gasteiger partial charge on any atom is 0.305 e. The van der Waals surface area contributed by atoms with Gasteiger partial charge in [-0.25, -0.2) is 0 Å². The first kappa shape index (κ1) is 26.8. The minimum absolute atomic E-state index is 0.124. The molecule has 0 saturated carbocycles. The Morgan fingerprint density at radius 2 is 1.07 bits per heavy atom. The maximum atomic E-state index is 11.6. The van der Waals surface area contributed by atoms with E-state index in [-0.39, 0.29) is 5.97 Å². The van der Waals surface area contributed by atoms with Crippen LogP contribution in [0.3, 0.4) is 0 Å². The zero-order chi connectivity index (χ0) is 19.8. The number of unbranched alkanes of at least 4 members (excludes halogenated alkanes) is 6. The zero-order valence-electron chi connectivity index (χ0n) is 17.1. The van der Waals surface area contributed by atoms with Gasteiger partial charge in [-0.3, -0.25) is 4.79 Å². The standard InChI is InChI=1S/C20H39BrO6/c1-2-3-4-5-6-7-8-9-20(22)27-19-18-26-17-16-25-15-14-24-13-12-23-11-10-21/h2-19H2,1H3. The van der Waals surface area contributed by atoms with Gasteiger partial charge in [-0.05, 0) is 6.42 Å². The molecule has 0 aromatic carbocycles. The number of rotatable bonds is 22. The van der Waals surface area contributed by atoms with E-state index in [1.54, 1.807) is 0 Å². The van der Waals surface area contributed by atoms with Crippen LogP contribution in [0.2, 0.25) is 0 Å². The van der Waals surface area contributed by atoms with Gasteiger partial charge in [-0.15, -0.1) is 0 Å². The Hall–Kier alpha value is -0.210. The number of hydrogen-bond acceptors (Lipinski definition) is 6. The Labute approximate surface area is 173 Å². The molecular formula is C20H39BrO6. The van der Waals surface area contributed by atoms with Crippen molar-refractivity contribution in [3.63, 3.8) is 0 Å². The van der Waals surface area contributed by atoms with Crippen molar-refractivity contribution in [2.75, 3.05) is 64.8 Å². The summed E-state index contributed by atoms with van der Waals surface area (Å²) in [6, 6.07) is 0. The average Bonchev–Trinajstić information content (AvgIpc) is 2.67. The van der Waals surface area contributed by atoms with E-state index in [0.29, 0.717) is 65.9 Å². The Kier molecular flexibility index (Phi) is 23.6. The van der Waals surface area contributed by atoms with Crippen LogP contribution in [0.1, 0.15) is 58.3 Å². The molecule has 6 nitrogen and oxygen atoms in total. The van der Waals surface area contributed by atoms with Crippen LogP contribution in [0.4, 0.5) is 0 Å². The van der Waals surface area contributed by atoms with E-state index in [4.69, 9.17) is 23.7 Å². The first-order valence-corrected chi connectivity index (χ1v) is 11.5. The lowest BCUT2D eigenvalue weighted by atomic mass is 10.1. The summed E-state index contributed by atoms with van der Waals surface area (Å²) >= 11 is 3.29. The highest BCUT2D eigenvalue weighted by Crippen LogP contribution is 2.08. The highest BCUT2D eigenvalue weighted by molar-refractivity contribution is 9.09. The lowest BCUT2D eigenvalue weighted by Crippen LogP contribution is -2.14. The quantitative estimate of drug-likeness (QED) is 0.139. The predicted octanol–water partition coefficient (Wildman–Crippen LogP) is 4.13. The van der Waals surface area contributed by atoms with Gasteiger partial charge in [0.05, 0.1) is 52.9 Å². The van der Waals surface area contributed by atoms with Crippen molar-refractivity contribution in [1.82, 2.24) is 0 Å². The second-order valence-corrected chi connectivity index (χ2v) is 7.02. The Morgan fingerprint density at radius 3 is 1.59 bits per heavy atom. The van der Waals surface area contributed by atoms with E-state index in [1.165, 1.54) is 32.1 Å². The molecule has 0 unspecified atom stereocenters. The highest BCUT2D eigenvalue weighted by Gasteiger charge is 2.02. The van der Waals surface area contributed by atoms with Crippen LogP contribution >= 0.6 is 15.9 Å². The van der Waals surface area contributed by atoms with Gasteiger partial charge in [0, 0.05) is 11.8 Å². The van der Waals surface area contributed by atoms with E-state index in [9.17, 15) is 4.79 Å². The summed E-state index contributed by atoms with van der Waals surface area (Å²) in [5, 5.41) is 0.842. The van der Waals surface area contributed by atoms with Crippen molar-refractivity contribution in [2.45, 2.75) is 58.3 Å². The number of halogens is 1. The normalized spacial score (nSPS) is 11.0. The van der Waals surface area contributed by atoms with Crippen molar-refractivity contribution in [3.05, 3.63) is 0 Å². The summed E-state index contributed by atoms with van der Waals surface area (Å²) in [7, 11) is 0. The average molecular weight is 455 g/mol. The minimum Gasteiger partial charge on any atom is -0.463 e. The van der Waals surface area contributed by atoms with Crippen molar-refractivity contribution >= 4 is 21.9 Å². The van der Waals surface area contributed by atoms with Crippen LogP contribution in [0.15, 0.2) is 0 Å². The third kappa shape index (κ3) is 23.8. The first-order chi connectivity index (χ1) is 13.3. The van der Waals surface area contributed by atoms with Crippen LogP contribution in [0.25, 0.3) is 0 Å². The molecule has 0 spiro atoms. The van der Waals surface area contributed by atoms with Crippen LogP contribution in [0, 0.1) is 0 Å². The van der Waals surface area contributed by atoms with Gasteiger partial charge >= 0.3 is 5.97 Å². The van der Waals surface area contributed by atoms with Crippen molar-refractivity contribution in [1.29, 1.82) is 0 Å². The molecule has 27 heavy (non-hydrogen) atoms. The highest BCUT2D eigenvalue weighted by atomic mass is 79.9. The number of esters is 1. The topological polar surface area (TPSA) is 63.2 Å². The molecule has 0 rings (SSSR count). The number of carbonyl (C=O) groups is 1. The number of ether oxygens (including phenoxy) is 5. The van der Waals surface area contributed by atoms with Crippen molar-refractivity contribution in [2.24, 2.45) is 0 Å². The maximum absolute atomic E-state index is 11.6. The van der Waals surface area contributed by atoms with Crippen LogP contribution in [0.5, 0.6) is 0 Å². The summed E-state index contributed by atoms with van der Waals surface area (Å²) in [5.41, 5.74) is 0. The number of hydrogen-bond donors (Lipinski definition) is 0. The molecule has 0 aliphatic rings. The van der Waals surface area contributed by atoms with Crippen LogP contribution < -0.4 is 0 Å². The van der Waals surface area contributed by atoms with Crippen LogP contribution in [-0.4, -0.2) is 70.8 Å². The molecule has 0 amide bonds. The van der Waals surface area contributed by atoms with E-state index < -0.39 is 0 Å². The minimum atomic E-state index is -0.124. The van der Waals surface area contributed by atoms with E-state index in [1.807, 2.05) is 0 Å². The molecule has 0 bridgehead atoms. The van der Waals surface area contributed by atoms with Gasteiger partial charge < -0.3 is 23.7 Å². The molecule has 0 N–H and O–H groups in total. The van der Waals surface area contributed by atoms with E-state index in [0.717, 1.165) is 18.2 Å². The molecule has 0 aliphatic heterocycles. The second-order valence-electron chi connectivity index (χ2n) is 6.23. The fourth-order valence-corrected chi connectivity index (χ4v) is 2.56. The Morgan fingerprint density at radius 1 is 0.630 bits per heavy atom. The van der Waals surface area contributed by atoms with E-state index >= 15 is 0 Å². The third-order valence-corrected chi connectivity index (χ3v) is 4.14. The van der Waals surface area contributed by atoms with Gasteiger partial charge in [-0.2, -0.15) is 0 Å². The first-order valence-electron chi connectivity index (χ1n) is 10.3. The fraction of sp³-hybridized carbons (Fsp3) is 0.950. The van der Waals surface area contributed by atoms with Gasteiger partial charge in [0.1, 0.15) is 6.61 Å². The van der Waals surface area contributed by atoms with Gasteiger partial charge in [0.25, 0.3) is 0 Å². The van der Waals surface area contributed by atoms with Gasteiger partial charge in [0.15, 0.2) is 0 Å². The molecule has 0 aromatic heterocycles. The summed E-state index contributed by atoms with van der Waals surface area (Å²) in [6.45, 7) is 6.91. The molecule has 0 fully saturated rings. The lowest BCUT2D eigenvalue weighted by Gasteiger charge is -2.08. The monoisotopic (exact) mass is 454 g/mol. The summed E-state index contributed by atoms with van der Waals surface area (Å²) < 4.78 is 26.5.